The van der Waals surface area contributed by atoms with Gasteiger partial charge in [0.2, 0.25) is 5.95 Å². The second-order valence-electron chi connectivity index (χ2n) is 4.46. The second-order valence-corrected chi connectivity index (χ2v) is 4.46. The Hall–Kier alpha value is -2.29. The highest BCUT2D eigenvalue weighted by atomic mass is 16.6. The van der Waals surface area contributed by atoms with Gasteiger partial charge in [0.15, 0.2) is 0 Å². The predicted octanol–water partition coefficient (Wildman–Crippen LogP) is 0.286. The molecule has 0 amide bonds. The van der Waals surface area contributed by atoms with Crippen molar-refractivity contribution in [2.45, 2.75) is 13.0 Å². The first-order valence-corrected chi connectivity index (χ1v) is 5.47. The summed E-state index contributed by atoms with van der Waals surface area (Å²) in [5.41, 5.74) is -1.31. The highest BCUT2D eigenvalue weighted by Crippen LogP contribution is 2.30. The molecule has 19 heavy (non-hydrogen) atoms. The smallest absolute Gasteiger partial charge is 0.313 e. The summed E-state index contributed by atoms with van der Waals surface area (Å²) in [6.07, 6.45) is 2.12. The number of rotatable bonds is 4. The van der Waals surface area contributed by atoms with Crippen LogP contribution in [0.5, 0.6) is 0 Å². The van der Waals surface area contributed by atoms with Gasteiger partial charge in [0, 0.05) is 0 Å². The van der Waals surface area contributed by atoms with Crippen LogP contribution in [0.25, 0.3) is 0 Å². The maximum atomic E-state index is 11.2. The Kier molecular flexibility index (Phi) is 3.30. The van der Waals surface area contributed by atoms with Crippen LogP contribution in [0.2, 0.25) is 0 Å². The fourth-order valence-corrected chi connectivity index (χ4v) is 1.73. The van der Waals surface area contributed by atoms with E-state index in [4.69, 9.17) is 4.74 Å². The Bertz CT molecular complexity index is 505. The zero-order valence-electron chi connectivity index (χ0n) is 10.1. The molecule has 1 aromatic heterocycles. The summed E-state index contributed by atoms with van der Waals surface area (Å²) in [5.74, 6) is -0.849. The number of carbonyl (C=O) groups is 1. The van der Waals surface area contributed by atoms with Crippen LogP contribution in [0.4, 0.5) is 11.6 Å². The van der Waals surface area contributed by atoms with Gasteiger partial charge in [-0.15, -0.1) is 0 Å². The van der Waals surface area contributed by atoms with E-state index < -0.39 is 22.3 Å². The topological polar surface area (TPSA) is 127 Å². The SMILES string of the molecule is CC1(C(=O)O)COCC1Nc1ncc([N+](=O)[O-])cn1. The van der Waals surface area contributed by atoms with Crippen molar-refractivity contribution in [3.05, 3.63) is 22.5 Å². The van der Waals surface area contributed by atoms with E-state index in [2.05, 4.69) is 15.3 Å². The third kappa shape index (κ3) is 2.45. The highest BCUT2D eigenvalue weighted by Gasteiger charge is 2.47. The Morgan fingerprint density at radius 3 is 2.79 bits per heavy atom. The van der Waals surface area contributed by atoms with Gasteiger partial charge in [-0.1, -0.05) is 0 Å². The molecule has 1 aliphatic rings. The number of hydrogen-bond donors (Lipinski definition) is 2. The Balaban J connectivity index is 2.12. The number of nitrogens with zero attached hydrogens (tertiary/aromatic N) is 3. The van der Waals surface area contributed by atoms with Crippen LogP contribution in [-0.2, 0) is 9.53 Å². The standard InChI is InChI=1S/C10H12N4O5/c1-10(8(15)16)5-19-4-7(10)13-9-11-2-6(3-12-9)14(17)18/h2-3,7H,4-5H2,1H3,(H,15,16)(H,11,12,13). The van der Waals surface area contributed by atoms with Crippen LogP contribution in [-0.4, -0.2) is 45.2 Å². The molecule has 2 atom stereocenters. The van der Waals surface area contributed by atoms with Gasteiger partial charge in [-0.3, -0.25) is 14.9 Å². The van der Waals surface area contributed by atoms with Crippen molar-refractivity contribution in [1.82, 2.24) is 9.97 Å². The summed E-state index contributed by atoms with van der Waals surface area (Å²) >= 11 is 0. The lowest BCUT2D eigenvalue weighted by Gasteiger charge is -2.25. The first-order valence-electron chi connectivity index (χ1n) is 5.47. The summed E-state index contributed by atoms with van der Waals surface area (Å²) in [6, 6.07) is -0.494. The third-order valence-corrected chi connectivity index (χ3v) is 3.10. The predicted molar refractivity (Wildman–Crippen MR) is 62.7 cm³/mol. The fourth-order valence-electron chi connectivity index (χ4n) is 1.73. The van der Waals surface area contributed by atoms with Crippen molar-refractivity contribution in [3.63, 3.8) is 0 Å². The van der Waals surface area contributed by atoms with E-state index in [-0.39, 0.29) is 24.8 Å². The lowest BCUT2D eigenvalue weighted by Crippen LogP contribution is -2.43. The molecule has 0 aromatic carbocycles. The molecule has 0 radical (unpaired) electrons. The molecule has 1 aromatic rings. The fraction of sp³-hybridized carbons (Fsp3) is 0.500. The molecular formula is C10H12N4O5. The van der Waals surface area contributed by atoms with Gasteiger partial charge in [0.25, 0.3) is 0 Å². The Morgan fingerprint density at radius 2 is 2.26 bits per heavy atom. The molecule has 0 bridgehead atoms. The number of ether oxygens (including phenoxy) is 1. The van der Waals surface area contributed by atoms with E-state index >= 15 is 0 Å². The molecule has 1 saturated heterocycles. The molecule has 9 heteroatoms. The number of anilines is 1. The molecule has 0 spiro atoms. The number of nitrogens with one attached hydrogen (secondary N) is 1. The first-order chi connectivity index (χ1) is 8.93. The molecule has 2 unspecified atom stereocenters. The lowest BCUT2D eigenvalue weighted by molar-refractivity contribution is -0.385. The maximum absolute atomic E-state index is 11.2. The van der Waals surface area contributed by atoms with E-state index in [1.807, 2.05) is 0 Å². The van der Waals surface area contributed by atoms with Crippen molar-refractivity contribution in [2.24, 2.45) is 5.41 Å². The number of nitro groups is 1. The summed E-state index contributed by atoms with van der Waals surface area (Å²) in [7, 11) is 0. The zero-order chi connectivity index (χ0) is 14.0. The van der Waals surface area contributed by atoms with Crippen molar-refractivity contribution in [3.8, 4) is 0 Å². The summed E-state index contributed by atoms with van der Waals surface area (Å²) in [6.45, 7) is 1.86. The number of hydrogen-bond acceptors (Lipinski definition) is 7. The maximum Gasteiger partial charge on any atom is 0.313 e. The van der Waals surface area contributed by atoms with Crippen LogP contribution in [0, 0.1) is 15.5 Å². The molecule has 2 rings (SSSR count). The van der Waals surface area contributed by atoms with Gasteiger partial charge in [-0.05, 0) is 6.92 Å². The molecule has 9 nitrogen and oxygen atoms in total. The van der Waals surface area contributed by atoms with Gasteiger partial charge in [-0.25, -0.2) is 9.97 Å². The van der Waals surface area contributed by atoms with Gasteiger partial charge in [-0.2, -0.15) is 0 Å². The molecule has 1 fully saturated rings. The van der Waals surface area contributed by atoms with Crippen LogP contribution in [0.1, 0.15) is 6.92 Å². The van der Waals surface area contributed by atoms with E-state index in [1.54, 1.807) is 6.92 Å². The van der Waals surface area contributed by atoms with Crippen LogP contribution < -0.4 is 5.32 Å². The molecule has 1 aliphatic heterocycles. The monoisotopic (exact) mass is 268 g/mol. The van der Waals surface area contributed by atoms with E-state index in [9.17, 15) is 20.0 Å². The van der Waals surface area contributed by atoms with Crippen LogP contribution in [0.15, 0.2) is 12.4 Å². The van der Waals surface area contributed by atoms with Gasteiger partial charge in [0.1, 0.15) is 17.8 Å². The second kappa shape index (κ2) is 4.76. The van der Waals surface area contributed by atoms with E-state index in [1.165, 1.54) is 0 Å². The molecular weight excluding hydrogens is 256 g/mol. The van der Waals surface area contributed by atoms with Gasteiger partial charge < -0.3 is 15.2 Å². The largest absolute Gasteiger partial charge is 0.481 e. The van der Waals surface area contributed by atoms with Gasteiger partial charge >= 0.3 is 11.7 Å². The minimum absolute atomic E-state index is 0.0903. The minimum Gasteiger partial charge on any atom is -0.481 e. The average molecular weight is 268 g/mol. The quantitative estimate of drug-likeness (QED) is 0.589. The average Bonchev–Trinajstić information content (AvgIpc) is 2.73. The minimum atomic E-state index is -1.08. The highest BCUT2D eigenvalue weighted by molar-refractivity contribution is 5.76. The van der Waals surface area contributed by atoms with Gasteiger partial charge in [0.05, 0.1) is 24.2 Å². The number of carboxylic acid groups (broad SMARTS) is 1. The lowest BCUT2D eigenvalue weighted by atomic mass is 9.85. The summed E-state index contributed by atoms with van der Waals surface area (Å²) < 4.78 is 5.16. The molecule has 0 aliphatic carbocycles. The summed E-state index contributed by atoms with van der Waals surface area (Å²) in [5, 5.41) is 22.5. The van der Waals surface area contributed by atoms with E-state index in [0.717, 1.165) is 12.4 Å². The number of aliphatic carboxylic acids is 1. The molecule has 0 saturated carbocycles. The van der Waals surface area contributed by atoms with Crippen molar-refractivity contribution >= 4 is 17.6 Å². The van der Waals surface area contributed by atoms with Crippen LogP contribution >= 0.6 is 0 Å². The zero-order valence-corrected chi connectivity index (χ0v) is 10.1. The molecule has 2 heterocycles. The third-order valence-electron chi connectivity index (χ3n) is 3.10. The number of aromatic nitrogens is 2. The van der Waals surface area contributed by atoms with Crippen molar-refractivity contribution < 1.29 is 19.6 Å². The van der Waals surface area contributed by atoms with Crippen molar-refractivity contribution in [2.75, 3.05) is 18.5 Å². The summed E-state index contributed by atoms with van der Waals surface area (Å²) in [4.78, 5) is 28.6. The van der Waals surface area contributed by atoms with Crippen molar-refractivity contribution in [1.29, 1.82) is 0 Å². The normalized spacial score (nSPS) is 26.1. The van der Waals surface area contributed by atoms with E-state index in [0.29, 0.717) is 0 Å². The van der Waals surface area contributed by atoms with Crippen LogP contribution in [0.3, 0.4) is 0 Å². The Morgan fingerprint density at radius 1 is 1.63 bits per heavy atom. The molecule has 102 valence electrons. The Labute approximate surface area is 107 Å². The first kappa shape index (κ1) is 13.1. The molecule has 2 N–H and O–H groups in total. The number of carboxylic acids is 1.